The zero-order valence-corrected chi connectivity index (χ0v) is 13.3. The standard InChI is InChI=1S/C15H22N4OS/c1-10-8-19(9-11(2)20-10)14-6-5-13(7-16-14)18-15(21)17-12-3-4-12/h5-7,10-12H,3-4,8-9H2,1-2H3,(H2,17,18,21)/t10-,11-/m0/s1. The molecule has 2 fully saturated rings. The first-order chi connectivity index (χ1) is 10.1. The number of pyridine rings is 1. The number of nitrogens with zero attached hydrogens (tertiary/aromatic N) is 2. The number of ether oxygens (including phenoxy) is 1. The summed E-state index contributed by atoms with van der Waals surface area (Å²) >= 11 is 5.26. The quantitative estimate of drug-likeness (QED) is 0.835. The number of hydrogen-bond donors (Lipinski definition) is 2. The van der Waals surface area contributed by atoms with Crippen molar-refractivity contribution in [3.05, 3.63) is 18.3 Å². The summed E-state index contributed by atoms with van der Waals surface area (Å²) < 4.78 is 5.75. The van der Waals surface area contributed by atoms with Crippen LogP contribution in [0.3, 0.4) is 0 Å². The van der Waals surface area contributed by atoms with Gasteiger partial charge in [0.15, 0.2) is 5.11 Å². The third kappa shape index (κ3) is 4.04. The Morgan fingerprint density at radius 2 is 2.00 bits per heavy atom. The fraction of sp³-hybridized carbons (Fsp3) is 0.600. The zero-order valence-electron chi connectivity index (χ0n) is 12.5. The van der Waals surface area contributed by atoms with E-state index in [0.717, 1.165) is 24.6 Å². The van der Waals surface area contributed by atoms with E-state index in [2.05, 4.69) is 34.4 Å². The van der Waals surface area contributed by atoms with Gasteiger partial charge >= 0.3 is 0 Å². The minimum atomic E-state index is 0.240. The molecule has 21 heavy (non-hydrogen) atoms. The monoisotopic (exact) mass is 306 g/mol. The van der Waals surface area contributed by atoms with Crippen molar-refractivity contribution in [2.45, 2.75) is 44.9 Å². The second-order valence-corrected chi connectivity index (χ2v) is 6.35. The molecule has 0 unspecified atom stereocenters. The molecule has 0 radical (unpaired) electrons. The summed E-state index contributed by atoms with van der Waals surface area (Å²) in [6.45, 7) is 5.96. The molecule has 0 spiro atoms. The lowest BCUT2D eigenvalue weighted by Crippen LogP contribution is -2.45. The fourth-order valence-electron chi connectivity index (χ4n) is 2.59. The number of thiocarbonyl (C=S) groups is 1. The van der Waals surface area contributed by atoms with Gasteiger partial charge in [-0.1, -0.05) is 0 Å². The highest BCUT2D eigenvalue weighted by Crippen LogP contribution is 2.21. The summed E-state index contributed by atoms with van der Waals surface area (Å²) in [6.07, 6.45) is 4.74. The van der Waals surface area contributed by atoms with Gasteiger partial charge in [-0.3, -0.25) is 0 Å². The molecular formula is C15H22N4OS. The molecule has 0 amide bonds. The second kappa shape index (κ2) is 6.15. The van der Waals surface area contributed by atoms with Crippen molar-refractivity contribution in [1.82, 2.24) is 10.3 Å². The van der Waals surface area contributed by atoms with Crippen LogP contribution in [0.25, 0.3) is 0 Å². The minimum absolute atomic E-state index is 0.240. The van der Waals surface area contributed by atoms with Crippen molar-refractivity contribution in [2.24, 2.45) is 0 Å². The van der Waals surface area contributed by atoms with Crippen molar-refractivity contribution in [3.8, 4) is 0 Å². The number of hydrogen-bond acceptors (Lipinski definition) is 4. The van der Waals surface area contributed by atoms with E-state index in [0.29, 0.717) is 11.2 Å². The van der Waals surface area contributed by atoms with Crippen LogP contribution in [0, 0.1) is 0 Å². The van der Waals surface area contributed by atoms with Crippen LogP contribution in [0.1, 0.15) is 26.7 Å². The third-order valence-corrected chi connectivity index (χ3v) is 3.88. The van der Waals surface area contributed by atoms with Crippen molar-refractivity contribution < 1.29 is 4.74 Å². The van der Waals surface area contributed by atoms with Crippen LogP contribution in [-0.4, -0.2) is 41.4 Å². The van der Waals surface area contributed by atoms with E-state index in [1.165, 1.54) is 12.8 Å². The Balaban J connectivity index is 1.59. The molecule has 6 heteroatoms. The molecule has 3 rings (SSSR count). The van der Waals surface area contributed by atoms with Gasteiger partial charge in [0.1, 0.15) is 5.82 Å². The van der Waals surface area contributed by atoms with Crippen LogP contribution in [-0.2, 0) is 4.74 Å². The third-order valence-electron chi connectivity index (χ3n) is 3.66. The number of morpholine rings is 1. The Morgan fingerprint density at radius 3 is 2.57 bits per heavy atom. The molecule has 2 atom stereocenters. The Hall–Kier alpha value is -1.40. The van der Waals surface area contributed by atoms with Crippen molar-refractivity contribution in [1.29, 1.82) is 0 Å². The summed E-state index contributed by atoms with van der Waals surface area (Å²) in [5.74, 6) is 0.989. The Labute approximate surface area is 131 Å². The zero-order chi connectivity index (χ0) is 14.8. The lowest BCUT2D eigenvalue weighted by atomic mass is 10.2. The van der Waals surface area contributed by atoms with Crippen LogP contribution in [0.2, 0.25) is 0 Å². The van der Waals surface area contributed by atoms with E-state index in [1.807, 2.05) is 18.3 Å². The maximum atomic E-state index is 5.75. The molecule has 1 saturated heterocycles. The van der Waals surface area contributed by atoms with E-state index >= 15 is 0 Å². The lowest BCUT2D eigenvalue weighted by Gasteiger charge is -2.36. The summed E-state index contributed by atoms with van der Waals surface area (Å²) in [5.41, 5.74) is 0.922. The molecule has 0 aromatic carbocycles. The maximum absolute atomic E-state index is 5.75. The molecule has 1 aromatic rings. The van der Waals surface area contributed by atoms with Gasteiger partial charge in [0.05, 0.1) is 24.1 Å². The van der Waals surface area contributed by atoms with Gasteiger partial charge in [0.2, 0.25) is 0 Å². The average molecular weight is 306 g/mol. The fourth-order valence-corrected chi connectivity index (χ4v) is 2.88. The van der Waals surface area contributed by atoms with Crippen LogP contribution in [0.5, 0.6) is 0 Å². The number of nitrogens with one attached hydrogen (secondary N) is 2. The van der Waals surface area contributed by atoms with Gasteiger partial charge in [-0.25, -0.2) is 4.98 Å². The molecule has 5 nitrogen and oxygen atoms in total. The summed E-state index contributed by atoms with van der Waals surface area (Å²) in [4.78, 5) is 6.81. The topological polar surface area (TPSA) is 49.4 Å². The van der Waals surface area contributed by atoms with Gasteiger partial charge in [0, 0.05) is 19.1 Å². The van der Waals surface area contributed by atoms with Crippen LogP contribution >= 0.6 is 12.2 Å². The van der Waals surface area contributed by atoms with Gasteiger partial charge in [0.25, 0.3) is 0 Å². The van der Waals surface area contributed by atoms with E-state index in [1.54, 1.807) is 0 Å². The Morgan fingerprint density at radius 1 is 1.29 bits per heavy atom. The predicted octanol–water partition coefficient (Wildman–Crippen LogP) is 2.14. The molecule has 1 aliphatic heterocycles. The normalized spacial score (nSPS) is 25.5. The van der Waals surface area contributed by atoms with Crippen LogP contribution < -0.4 is 15.5 Å². The highest BCUT2D eigenvalue weighted by Gasteiger charge is 2.23. The van der Waals surface area contributed by atoms with E-state index < -0.39 is 0 Å². The van der Waals surface area contributed by atoms with Crippen molar-refractivity contribution in [3.63, 3.8) is 0 Å². The minimum Gasteiger partial charge on any atom is -0.372 e. The van der Waals surface area contributed by atoms with Crippen LogP contribution in [0.15, 0.2) is 18.3 Å². The lowest BCUT2D eigenvalue weighted by molar-refractivity contribution is -0.00545. The first kappa shape index (κ1) is 14.5. The van der Waals surface area contributed by atoms with E-state index in [-0.39, 0.29) is 12.2 Å². The van der Waals surface area contributed by atoms with Gasteiger partial charge in [-0.2, -0.15) is 0 Å². The van der Waals surface area contributed by atoms with Gasteiger partial charge in [-0.05, 0) is 51.0 Å². The largest absolute Gasteiger partial charge is 0.372 e. The highest BCUT2D eigenvalue weighted by molar-refractivity contribution is 7.80. The van der Waals surface area contributed by atoms with Crippen molar-refractivity contribution >= 4 is 28.8 Å². The van der Waals surface area contributed by atoms with Gasteiger partial charge < -0.3 is 20.3 Å². The maximum Gasteiger partial charge on any atom is 0.171 e. The molecule has 1 aliphatic carbocycles. The summed E-state index contributed by atoms with van der Waals surface area (Å²) in [6, 6.07) is 4.62. The molecule has 1 saturated carbocycles. The molecule has 0 bridgehead atoms. The van der Waals surface area contributed by atoms with E-state index in [9.17, 15) is 0 Å². The molecule has 2 N–H and O–H groups in total. The highest BCUT2D eigenvalue weighted by atomic mass is 32.1. The van der Waals surface area contributed by atoms with Gasteiger partial charge in [-0.15, -0.1) is 0 Å². The van der Waals surface area contributed by atoms with Crippen molar-refractivity contribution in [2.75, 3.05) is 23.3 Å². The molecular weight excluding hydrogens is 284 g/mol. The molecule has 2 heterocycles. The first-order valence-electron chi connectivity index (χ1n) is 7.54. The summed E-state index contributed by atoms with van der Waals surface area (Å²) in [5, 5.41) is 7.11. The second-order valence-electron chi connectivity index (χ2n) is 5.94. The predicted molar refractivity (Wildman–Crippen MR) is 88.8 cm³/mol. The van der Waals surface area contributed by atoms with Crippen LogP contribution in [0.4, 0.5) is 11.5 Å². The van der Waals surface area contributed by atoms with E-state index in [4.69, 9.17) is 17.0 Å². The summed E-state index contributed by atoms with van der Waals surface area (Å²) in [7, 11) is 0. The number of aromatic nitrogens is 1. The number of anilines is 2. The first-order valence-corrected chi connectivity index (χ1v) is 7.95. The molecule has 114 valence electrons. The number of rotatable bonds is 3. The molecule has 1 aromatic heterocycles. The smallest absolute Gasteiger partial charge is 0.171 e. The molecule has 2 aliphatic rings. The SMILES string of the molecule is C[C@H]1CN(c2ccc(NC(=S)NC3CC3)cn2)C[C@H](C)O1. The average Bonchev–Trinajstić information content (AvgIpc) is 3.22. The Bertz CT molecular complexity index is 493. The Kier molecular flexibility index (Phi) is 4.26.